The average Bonchev–Trinajstić information content (AvgIpc) is 2.62. The molecule has 2 unspecified atom stereocenters. The molecule has 1 saturated heterocycles. The molecule has 1 N–H and O–H groups in total. The number of hydrogen-bond donors (Lipinski definition) is 1. The highest BCUT2D eigenvalue weighted by molar-refractivity contribution is 7.85. The highest BCUT2D eigenvalue weighted by Gasteiger charge is 2.32. The number of nitrogens with one attached hydrogen (secondary N) is 1. The molecule has 0 radical (unpaired) electrons. The molecule has 0 aliphatic carbocycles. The molecule has 90 valence electrons. The number of thiophene rings is 1. The Hall–Kier alpha value is -0.190. The van der Waals surface area contributed by atoms with Gasteiger partial charge in [0, 0.05) is 37.6 Å². The van der Waals surface area contributed by atoms with Gasteiger partial charge in [-0.1, -0.05) is 6.92 Å². The number of hydrogen-bond acceptors (Lipinski definition) is 3. The molecule has 1 aliphatic rings. The quantitative estimate of drug-likeness (QED) is 0.882. The molecule has 1 aromatic rings. The Kier molecular flexibility index (Phi) is 3.52. The predicted octanol–water partition coefficient (Wildman–Crippen LogP) is 2.48. The summed E-state index contributed by atoms with van der Waals surface area (Å²) in [6.07, 6.45) is 1.09. The Labute approximate surface area is 104 Å². The summed E-state index contributed by atoms with van der Waals surface area (Å²) in [6.45, 7) is 6.43. The highest BCUT2D eigenvalue weighted by atomic mass is 32.2. The van der Waals surface area contributed by atoms with Gasteiger partial charge in [0.05, 0.1) is 6.04 Å². The summed E-state index contributed by atoms with van der Waals surface area (Å²) in [5, 5.41) is 3.59. The monoisotopic (exact) mass is 257 g/mol. The van der Waals surface area contributed by atoms with Gasteiger partial charge < -0.3 is 5.32 Å². The summed E-state index contributed by atoms with van der Waals surface area (Å²) >= 11 is 1.85. The van der Waals surface area contributed by atoms with Gasteiger partial charge in [0.2, 0.25) is 0 Å². The molecule has 1 aromatic heterocycles. The lowest BCUT2D eigenvalue weighted by Crippen LogP contribution is -2.52. The van der Waals surface area contributed by atoms with Crippen LogP contribution in [-0.2, 0) is 17.2 Å². The van der Waals surface area contributed by atoms with E-state index in [2.05, 4.69) is 38.2 Å². The van der Waals surface area contributed by atoms with Crippen molar-refractivity contribution in [3.63, 3.8) is 0 Å². The maximum atomic E-state index is 11.8. The fourth-order valence-electron chi connectivity index (χ4n) is 2.13. The van der Waals surface area contributed by atoms with Crippen LogP contribution in [-0.4, -0.2) is 21.3 Å². The van der Waals surface area contributed by atoms with E-state index in [-0.39, 0.29) is 11.6 Å². The lowest BCUT2D eigenvalue weighted by molar-refractivity contribution is 0.372. The van der Waals surface area contributed by atoms with Gasteiger partial charge in [-0.3, -0.25) is 4.21 Å². The van der Waals surface area contributed by atoms with E-state index in [1.165, 1.54) is 9.75 Å². The van der Waals surface area contributed by atoms with Crippen molar-refractivity contribution in [2.24, 2.45) is 0 Å². The first-order valence-corrected chi connectivity index (χ1v) is 8.02. The van der Waals surface area contributed by atoms with Gasteiger partial charge in [0.1, 0.15) is 0 Å². The van der Waals surface area contributed by atoms with Crippen molar-refractivity contribution in [1.82, 2.24) is 5.32 Å². The van der Waals surface area contributed by atoms with Crippen molar-refractivity contribution in [3.05, 3.63) is 21.9 Å². The van der Waals surface area contributed by atoms with E-state index in [0.717, 1.165) is 17.9 Å². The smallest absolute Gasteiger partial charge is 0.0536 e. The van der Waals surface area contributed by atoms with E-state index in [1.54, 1.807) is 0 Å². The topological polar surface area (TPSA) is 29.1 Å². The third kappa shape index (κ3) is 2.73. The molecule has 2 rings (SSSR count). The summed E-state index contributed by atoms with van der Waals surface area (Å²) in [4.78, 5) is 2.74. The summed E-state index contributed by atoms with van der Waals surface area (Å²) in [7, 11) is -0.689. The van der Waals surface area contributed by atoms with E-state index < -0.39 is 10.8 Å². The van der Waals surface area contributed by atoms with Gasteiger partial charge in [0.15, 0.2) is 0 Å². The second-order valence-corrected chi connectivity index (χ2v) is 7.69. The Balaban J connectivity index is 2.17. The fraction of sp³-hybridized carbons (Fsp3) is 0.667. The van der Waals surface area contributed by atoms with Gasteiger partial charge in [-0.2, -0.15) is 0 Å². The van der Waals surface area contributed by atoms with Crippen molar-refractivity contribution in [2.75, 3.05) is 11.5 Å². The molecule has 0 saturated carbocycles. The first-order chi connectivity index (χ1) is 7.50. The fourth-order valence-corrected chi connectivity index (χ4v) is 4.88. The van der Waals surface area contributed by atoms with Crippen LogP contribution in [0.25, 0.3) is 0 Å². The third-order valence-corrected chi connectivity index (χ3v) is 5.91. The highest BCUT2D eigenvalue weighted by Crippen LogP contribution is 2.29. The summed E-state index contributed by atoms with van der Waals surface area (Å²) in [5.41, 5.74) is -0.00978. The van der Waals surface area contributed by atoms with Crippen LogP contribution in [0.4, 0.5) is 0 Å². The SMILES string of the molecule is CCc1ccc(C2CS(=O)CC(C)(C)N2)s1. The van der Waals surface area contributed by atoms with Gasteiger partial charge in [-0.05, 0) is 32.4 Å². The summed E-state index contributed by atoms with van der Waals surface area (Å²) in [5.74, 6) is 1.52. The van der Waals surface area contributed by atoms with Gasteiger partial charge >= 0.3 is 0 Å². The Morgan fingerprint density at radius 1 is 1.56 bits per heavy atom. The Morgan fingerprint density at radius 3 is 2.88 bits per heavy atom. The minimum atomic E-state index is -0.689. The minimum absolute atomic E-state index is 0.00978. The second-order valence-electron chi connectivity index (χ2n) is 4.99. The molecule has 0 spiro atoms. The van der Waals surface area contributed by atoms with Crippen LogP contribution < -0.4 is 5.32 Å². The molecule has 4 heteroatoms. The third-order valence-electron chi connectivity index (χ3n) is 2.81. The van der Waals surface area contributed by atoms with Crippen LogP contribution in [0, 0.1) is 0 Å². The molecular weight excluding hydrogens is 238 g/mol. The van der Waals surface area contributed by atoms with Crippen molar-refractivity contribution >= 4 is 22.1 Å². The van der Waals surface area contributed by atoms with Gasteiger partial charge in [0.25, 0.3) is 0 Å². The van der Waals surface area contributed by atoms with E-state index in [4.69, 9.17) is 0 Å². The molecule has 0 aromatic carbocycles. The molecule has 2 heterocycles. The lowest BCUT2D eigenvalue weighted by Gasteiger charge is -2.36. The number of aryl methyl sites for hydroxylation is 1. The second kappa shape index (κ2) is 4.59. The normalized spacial score (nSPS) is 29.2. The van der Waals surface area contributed by atoms with Crippen LogP contribution in [0.2, 0.25) is 0 Å². The molecule has 1 aliphatic heterocycles. The minimum Gasteiger partial charge on any atom is -0.303 e. The predicted molar refractivity (Wildman–Crippen MR) is 71.5 cm³/mol. The molecule has 0 bridgehead atoms. The summed E-state index contributed by atoms with van der Waals surface area (Å²) in [6, 6.07) is 4.64. The van der Waals surface area contributed by atoms with Crippen molar-refractivity contribution in [1.29, 1.82) is 0 Å². The zero-order valence-corrected chi connectivity index (χ0v) is 11.7. The average molecular weight is 257 g/mol. The molecule has 0 amide bonds. The lowest BCUT2D eigenvalue weighted by atomic mass is 10.1. The van der Waals surface area contributed by atoms with Crippen LogP contribution in [0.3, 0.4) is 0 Å². The number of rotatable bonds is 2. The van der Waals surface area contributed by atoms with Crippen LogP contribution in [0.15, 0.2) is 12.1 Å². The molecule has 2 nitrogen and oxygen atoms in total. The zero-order valence-electron chi connectivity index (χ0n) is 10.1. The van der Waals surface area contributed by atoms with Crippen molar-refractivity contribution in [3.8, 4) is 0 Å². The Bertz CT molecular complexity index is 397. The van der Waals surface area contributed by atoms with Crippen molar-refractivity contribution in [2.45, 2.75) is 38.8 Å². The van der Waals surface area contributed by atoms with Crippen LogP contribution in [0.5, 0.6) is 0 Å². The molecule has 1 fully saturated rings. The first kappa shape index (κ1) is 12.3. The molecule has 16 heavy (non-hydrogen) atoms. The standard InChI is InChI=1S/C12H19NOS2/c1-4-9-5-6-11(15-9)10-7-16(14)8-12(2,3)13-10/h5-6,10,13H,4,7-8H2,1-3H3. The van der Waals surface area contributed by atoms with E-state index in [1.807, 2.05) is 11.3 Å². The van der Waals surface area contributed by atoms with Crippen LogP contribution >= 0.6 is 11.3 Å². The Morgan fingerprint density at radius 2 is 2.31 bits per heavy atom. The van der Waals surface area contributed by atoms with Gasteiger partial charge in [-0.15, -0.1) is 11.3 Å². The molecule has 2 atom stereocenters. The maximum absolute atomic E-state index is 11.8. The van der Waals surface area contributed by atoms with Crippen LogP contribution in [0.1, 0.15) is 36.6 Å². The van der Waals surface area contributed by atoms with E-state index in [0.29, 0.717) is 0 Å². The summed E-state index contributed by atoms with van der Waals surface area (Å²) < 4.78 is 11.8. The first-order valence-electron chi connectivity index (χ1n) is 5.71. The van der Waals surface area contributed by atoms with E-state index in [9.17, 15) is 4.21 Å². The maximum Gasteiger partial charge on any atom is 0.0536 e. The van der Waals surface area contributed by atoms with Crippen molar-refractivity contribution < 1.29 is 4.21 Å². The largest absolute Gasteiger partial charge is 0.303 e. The zero-order chi connectivity index (χ0) is 11.8. The van der Waals surface area contributed by atoms with Gasteiger partial charge in [-0.25, -0.2) is 0 Å². The molecular formula is C12H19NOS2. The van der Waals surface area contributed by atoms with E-state index >= 15 is 0 Å².